The summed E-state index contributed by atoms with van der Waals surface area (Å²) in [5.74, 6) is 0.688. The Bertz CT molecular complexity index is 1400. The van der Waals surface area contributed by atoms with Crippen molar-refractivity contribution in [2.24, 2.45) is 12.5 Å². The van der Waals surface area contributed by atoms with Gasteiger partial charge in [0.25, 0.3) is 5.91 Å². The highest BCUT2D eigenvalue weighted by Crippen LogP contribution is 2.48. The molecule has 204 valence electrons. The van der Waals surface area contributed by atoms with Crippen LogP contribution < -0.4 is 14.4 Å². The molecule has 0 aromatic carbocycles. The number of halogens is 3. The van der Waals surface area contributed by atoms with Crippen LogP contribution in [0.4, 0.5) is 19.0 Å². The molecule has 1 amide bonds. The molecule has 0 unspecified atom stereocenters. The van der Waals surface area contributed by atoms with Crippen molar-refractivity contribution >= 4 is 23.7 Å². The maximum absolute atomic E-state index is 13.3. The molecule has 2 aliphatic heterocycles. The third-order valence-electron chi connectivity index (χ3n) is 7.30. The zero-order valence-electron chi connectivity index (χ0n) is 22.0. The number of fused-ring (bicyclic) bond motifs is 6. The second kappa shape index (κ2) is 8.65. The largest absolute Gasteiger partial charge is 0.476 e. The Morgan fingerprint density at radius 2 is 1.92 bits per heavy atom. The zero-order chi connectivity index (χ0) is 27.7. The van der Waals surface area contributed by atoms with E-state index in [1.165, 1.54) is 22.7 Å². The fourth-order valence-electron chi connectivity index (χ4n) is 5.32. The molecule has 0 spiro atoms. The van der Waals surface area contributed by atoms with Crippen molar-refractivity contribution in [3.63, 3.8) is 0 Å². The number of carbonyl (C=O) groups excluding carboxylic acids is 1. The minimum absolute atomic E-state index is 0.0520. The van der Waals surface area contributed by atoms with Gasteiger partial charge in [-0.25, -0.2) is 9.67 Å². The minimum Gasteiger partial charge on any atom is -0.476 e. The smallest absolute Gasteiger partial charge is 0.397 e. The number of hydrogen-bond acceptors (Lipinski definition) is 7. The fraction of sp³-hybridized carbons (Fsp3) is 0.520. The molecule has 2 aliphatic rings. The normalized spacial score (nSPS) is 21.1. The first-order valence-corrected chi connectivity index (χ1v) is 13.0. The molecule has 2 bridgehead atoms. The lowest BCUT2D eigenvalue weighted by Gasteiger charge is -2.34. The van der Waals surface area contributed by atoms with E-state index in [4.69, 9.17) is 9.72 Å². The van der Waals surface area contributed by atoms with E-state index < -0.39 is 18.2 Å². The van der Waals surface area contributed by atoms with E-state index in [2.05, 4.69) is 40.6 Å². The number of rotatable bonds is 4. The lowest BCUT2D eigenvalue weighted by molar-refractivity contribution is -0.219. The number of ether oxygens (including phenoxy) is 1. The van der Waals surface area contributed by atoms with Gasteiger partial charge >= 0.3 is 6.18 Å². The summed E-state index contributed by atoms with van der Waals surface area (Å²) in [6.07, 6.45) is -0.252. The number of amides is 1. The predicted octanol–water partition coefficient (Wildman–Crippen LogP) is 4.67. The number of nitrogens with zero attached hydrogens (tertiary/aromatic N) is 6. The van der Waals surface area contributed by atoms with Gasteiger partial charge in [0.2, 0.25) is 5.88 Å². The van der Waals surface area contributed by atoms with Gasteiger partial charge in [-0.05, 0) is 58.2 Å². The molecule has 0 aliphatic carbocycles. The van der Waals surface area contributed by atoms with Gasteiger partial charge < -0.3 is 9.64 Å². The second-order valence-electron chi connectivity index (χ2n) is 11.5. The number of carbonyl (C=O) groups is 1. The summed E-state index contributed by atoms with van der Waals surface area (Å²) in [4.78, 5) is 21.2. The molecule has 38 heavy (non-hydrogen) atoms. The first kappa shape index (κ1) is 26.4. The van der Waals surface area contributed by atoms with Gasteiger partial charge in [-0.3, -0.25) is 14.2 Å². The number of pyridine rings is 1. The van der Waals surface area contributed by atoms with E-state index in [0.29, 0.717) is 23.7 Å². The SMILES string of the molecule is Cn1ncc2c1[C@@]1(C)CN(c3nc(-n4ccc(OCC(C)(C)C(F)(F)F)n4)ccc3C(=O)NS2)C(C)(C)C1. The van der Waals surface area contributed by atoms with Crippen molar-refractivity contribution in [3.05, 3.63) is 41.9 Å². The topological polar surface area (TPSA) is 90.1 Å². The standard InChI is InChI=1S/C25H30F3N7O2S/c1-22(2,25(26,27)28)14-37-18-9-10-35(31-18)17-8-7-15-20(30-17)34-13-24(5,12-23(34,3)4)19-16(11-29-33(19)6)38-32-21(15)36/h7-11H,12-14H2,1-6H3,(H,32,36)/t24-/m1/s1. The molecule has 5 rings (SSSR count). The lowest BCUT2D eigenvalue weighted by Crippen LogP contribution is -2.40. The number of hydrogen-bond donors (Lipinski definition) is 1. The van der Waals surface area contributed by atoms with E-state index >= 15 is 0 Å². The molecule has 5 heterocycles. The van der Waals surface area contributed by atoms with Gasteiger partial charge in [0.05, 0.1) is 27.8 Å². The van der Waals surface area contributed by atoms with Crippen molar-refractivity contribution in [1.29, 1.82) is 0 Å². The highest BCUT2D eigenvalue weighted by atomic mass is 32.2. The first-order valence-electron chi connectivity index (χ1n) is 12.2. The van der Waals surface area contributed by atoms with Crippen LogP contribution in [0.25, 0.3) is 5.82 Å². The molecule has 13 heteroatoms. The van der Waals surface area contributed by atoms with Crippen molar-refractivity contribution in [2.45, 2.75) is 63.1 Å². The van der Waals surface area contributed by atoms with E-state index in [1.807, 2.05) is 11.7 Å². The average Bonchev–Trinajstić information content (AvgIpc) is 3.50. The zero-order valence-corrected chi connectivity index (χ0v) is 22.9. The molecular weight excluding hydrogens is 519 g/mol. The van der Waals surface area contributed by atoms with Crippen molar-refractivity contribution < 1.29 is 22.7 Å². The number of anilines is 1. The molecule has 0 radical (unpaired) electrons. The Labute approximate surface area is 222 Å². The van der Waals surface area contributed by atoms with Crippen LogP contribution in [0.5, 0.6) is 5.88 Å². The Morgan fingerprint density at radius 1 is 1.18 bits per heavy atom. The molecule has 1 N–H and O–H groups in total. The Morgan fingerprint density at radius 3 is 2.63 bits per heavy atom. The molecular formula is C25H30F3N7O2S. The highest BCUT2D eigenvalue weighted by Gasteiger charge is 2.51. The summed E-state index contributed by atoms with van der Waals surface area (Å²) in [6, 6.07) is 4.84. The van der Waals surface area contributed by atoms with Crippen LogP contribution in [0.1, 0.15) is 57.1 Å². The summed E-state index contributed by atoms with van der Waals surface area (Å²) < 4.78 is 51.2. The monoisotopic (exact) mass is 549 g/mol. The Kier molecular flexibility index (Phi) is 6.01. The maximum atomic E-state index is 13.3. The quantitative estimate of drug-likeness (QED) is 0.473. The van der Waals surface area contributed by atoms with Crippen LogP contribution in [-0.4, -0.2) is 55.3 Å². The number of aryl methyl sites for hydroxylation is 1. The number of alkyl halides is 3. The third-order valence-corrected chi connectivity index (χ3v) is 8.11. The van der Waals surface area contributed by atoms with Crippen molar-refractivity contribution in [3.8, 4) is 11.7 Å². The molecule has 3 aromatic rings. The fourth-order valence-corrected chi connectivity index (χ4v) is 6.21. The summed E-state index contributed by atoms with van der Waals surface area (Å²) in [7, 11) is 1.91. The van der Waals surface area contributed by atoms with Gasteiger partial charge in [-0.1, -0.05) is 6.92 Å². The van der Waals surface area contributed by atoms with E-state index in [-0.39, 0.29) is 22.7 Å². The van der Waals surface area contributed by atoms with E-state index in [0.717, 1.165) is 30.9 Å². The Balaban J connectivity index is 1.50. The Hall–Kier alpha value is -3.22. The molecule has 1 atom stereocenters. The van der Waals surface area contributed by atoms with E-state index in [1.54, 1.807) is 24.5 Å². The van der Waals surface area contributed by atoms with E-state index in [9.17, 15) is 18.0 Å². The van der Waals surface area contributed by atoms with Gasteiger partial charge in [-0.2, -0.15) is 18.3 Å². The summed E-state index contributed by atoms with van der Waals surface area (Å²) in [6.45, 7) is 8.64. The lowest BCUT2D eigenvalue weighted by atomic mass is 9.81. The summed E-state index contributed by atoms with van der Waals surface area (Å²) in [5.41, 5.74) is -1.16. The third kappa shape index (κ3) is 4.40. The second-order valence-corrected chi connectivity index (χ2v) is 12.3. The molecule has 1 saturated heterocycles. The molecule has 3 aromatic heterocycles. The summed E-state index contributed by atoms with van der Waals surface area (Å²) in [5, 5.41) is 8.74. The highest BCUT2D eigenvalue weighted by molar-refractivity contribution is 7.98. The van der Waals surface area contributed by atoms with Gasteiger partial charge in [0.15, 0.2) is 5.82 Å². The van der Waals surface area contributed by atoms with Crippen LogP contribution in [0.3, 0.4) is 0 Å². The van der Waals surface area contributed by atoms with Gasteiger partial charge in [0, 0.05) is 36.8 Å². The van der Waals surface area contributed by atoms with Gasteiger partial charge in [0.1, 0.15) is 12.4 Å². The van der Waals surface area contributed by atoms with Crippen LogP contribution in [-0.2, 0) is 12.5 Å². The number of nitrogens with one attached hydrogen (secondary N) is 1. The average molecular weight is 550 g/mol. The van der Waals surface area contributed by atoms with Crippen LogP contribution in [0.15, 0.2) is 35.5 Å². The van der Waals surface area contributed by atoms with Crippen molar-refractivity contribution in [2.75, 3.05) is 18.1 Å². The minimum atomic E-state index is -4.41. The number of aromatic nitrogens is 5. The van der Waals surface area contributed by atoms with Crippen molar-refractivity contribution in [1.82, 2.24) is 29.3 Å². The van der Waals surface area contributed by atoms with Crippen LogP contribution in [0.2, 0.25) is 0 Å². The summed E-state index contributed by atoms with van der Waals surface area (Å²) >= 11 is 1.24. The molecule has 9 nitrogen and oxygen atoms in total. The van der Waals surface area contributed by atoms with Crippen LogP contribution >= 0.6 is 11.9 Å². The molecule has 1 fully saturated rings. The van der Waals surface area contributed by atoms with Crippen LogP contribution in [0, 0.1) is 5.41 Å². The molecule has 0 saturated carbocycles. The maximum Gasteiger partial charge on any atom is 0.397 e. The van der Waals surface area contributed by atoms with Gasteiger partial charge in [-0.15, -0.1) is 5.10 Å². The first-order chi connectivity index (χ1) is 17.6. The predicted molar refractivity (Wildman–Crippen MR) is 137 cm³/mol.